The van der Waals surface area contributed by atoms with Crippen LogP contribution in [-0.4, -0.2) is 13.7 Å². The van der Waals surface area contributed by atoms with E-state index < -0.39 is 5.82 Å². The molecule has 0 aliphatic carbocycles. The second-order valence-electron chi connectivity index (χ2n) is 4.62. The Morgan fingerprint density at radius 1 is 1.20 bits per heavy atom. The van der Waals surface area contributed by atoms with Crippen molar-refractivity contribution in [3.05, 3.63) is 47.8 Å². The van der Waals surface area contributed by atoms with Gasteiger partial charge in [0.25, 0.3) is 0 Å². The normalized spacial score (nSPS) is 10.4. The number of hydrogen-bond acceptors (Lipinski definition) is 3. The number of rotatable bonds is 4. The topological polar surface area (TPSA) is 38.5 Å². The van der Waals surface area contributed by atoms with Gasteiger partial charge >= 0.3 is 0 Å². The highest BCUT2D eigenvalue weighted by Gasteiger charge is 2.14. The molecule has 2 N–H and O–H groups in total. The number of nitrogens with two attached hydrogens (primary N) is 1. The Kier molecular flexibility index (Phi) is 4.13. The Balaban J connectivity index is 2.46. The summed E-state index contributed by atoms with van der Waals surface area (Å²) in [6.45, 7) is 4.25. The minimum atomic E-state index is -0.439. The number of nitrogen functional groups attached to an aromatic ring is 1. The lowest BCUT2D eigenvalue weighted by Gasteiger charge is -2.24. The highest BCUT2D eigenvalue weighted by molar-refractivity contribution is 5.77. The lowest BCUT2D eigenvalue weighted by molar-refractivity contribution is 0.322. The van der Waals surface area contributed by atoms with Gasteiger partial charge in [0.1, 0.15) is 0 Å². The average molecular weight is 274 g/mol. The van der Waals surface area contributed by atoms with Gasteiger partial charge in [-0.15, -0.1) is 0 Å². The molecule has 3 nitrogen and oxygen atoms in total. The van der Waals surface area contributed by atoms with Crippen LogP contribution in [0.2, 0.25) is 0 Å². The quantitative estimate of drug-likeness (QED) is 0.860. The molecule has 2 rings (SSSR count). The van der Waals surface area contributed by atoms with Crippen LogP contribution in [0.15, 0.2) is 36.4 Å². The summed E-state index contributed by atoms with van der Waals surface area (Å²) in [5, 5.41) is 0. The van der Waals surface area contributed by atoms with Gasteiger partial charge in [0.15, 0.2) is 11.6 Å². The Labute approximate surface area is 118 Å². The van der Waals surface area contributed by atoms with Gasteiger partial charge < -0.3 is 15.4 Å². The summed E-state index contributed by atoms with van der Waals surface area (Å²) in [5.74, 6) is -0.219. The van der Waals surface area contributed by atoms with Crippen molar-refractivity contribution in [3.63, 3.8) is 0 Å². The largest absolute Gasteiger partial charge is 0.491 e. The van der Waals surface area contributed by atoms with Crippen LogP contribution in [0.4, 0.5) is 21.5 Å². The summed E-state index contributed by atoms with van der Waals surface area (Å²) >= 11 is 0. The van der Waals surface area contributed by atoms with Crippen molar-refractivity contribution < 1.29 is 9.13 Å². The predicted octanol–water partition coefficient (Wildman–Crippen LogP) is 3.88. The molecule has 0 saturated heterocycles. The number of hydrogen-bond donors (Lipinski definition) is 1. The van der Waals surface area contributed by atoms with Crippen molar-refractivity contribution in [2.75, 3.05) is 24.3 Å². The summed E-state index contributed by atoms with van der Waals surface area (Å²) in [7, 11) is 1.90. The third kappa shape index (κ3) is 2.69. The molecule has 0 heterocycles. The molecule has 0 amide bonds. The van der Waals surface area contributed by atoms with Crippen LogP contribution in [0, 0.1) is 12.7 Å². The third-order valence-corrected chi connectivity index (χ3v) is 3.22. The fourth-order valence-electron chi connectivity index (χ4n) is 2.18. The first kappa shape index (κ1) is 14.2. The molecule has 2 aromatic carbocycles. The second kappa shape index (κ2) is 5.82. The maximum atomic E-state index is 13.7. The molecule has 0 spiro atoms. The molecule has 0 bridgehead atoms. The number of halogens is 1. The molecule has 0 aromatic heterocycles. The van der Waals surface area contributed by atoms with Gasteiger partial charge in [-0.25, -0.2) is 4.39 Å². The second-order valence-corrected chi connectivity index (χ2v) is 4.62. The maximum Gasteiger partial charge on any atom is 0.167 e. The lowest BCUT2D eigenvalue weighted by atomic mass is 10.1. The summed E-state index contributed by atoms with van der Waals surface area (Å²) in [5.41, 5.74) is 9.19. The molecular weight excluding hydrogens is 255 g/mol. The summed E-state index contributed by atoms with van der Waals surface area (Å²) in [4.78, 5) is 1.94. The number of anilines is 3. The number of nitrogens with zero attached hydrogens (tertiary/aromatic N) is 1. The SMILES string of the molecule is CCOc1cc(N(C)c2ccccc2C)c(N)cc1F. The zero-order chi connectivity index (χ0) is 14.7. The fraction of sp³-hybridized carbons (Fsp3) is 0.250. The van der Waals surface area contributed by atoms with E-state index in [4.69, 9.17) is 10.5 Å². The Bertz CT molecular complexity index is 613. The molecule has 0 fully saturated rings. The fourth-order valence-corrected chi connectivity index (χ4v) is 2.18. The van der Waals surface area contributed by atoms with Crippen molar-refractivity contribution in [1.29, 1.82) is 0 Å². The predicted molar refractivity (Wildman–Crippen MR) is 81.2 cm³/mol. The van der Waals surface area contributed by atoms with Gasteiger partial charge in [-0.05, 0) is 25.5 Å². The molecule has 2 aromatic rings. The van der Waals surface area contributed by atoms with Crippen LogP contribution < -0.4 is 15.4 Å². The van der Waals surface area contributed by atoms with E-state index in [9.17, 15) is 4.39 Å². The van der Waals surface area contributed by atoms with E-state index in [0.29, 0.717) is 12.3 Å². The number of aryl methyl sites for hydroxylation is 1. The van der Waals surface area contributed by atoms with E-state index in [0.717, 1.165) is 16.9 Å². The summed E-state index contributed by atoms with van der Waals surface area (Å²) < 4.78 is 19.0. The smallest absolute Gasteiger partial charge is 0.167 e. The lowest BCUT2D eigenvalue weighted by Crippen LogP contribution is -2.13. The Morgan fingerprint density at radius 2 is 1.90 bits per heavy atom. The van der Waals surface area contributed by atoms with Gasteiger partial charge in [0.05, 0.1) is 18.0 Å². The van der Waals surface area contributed by atoms with Crippen molar-refractivity contribution in [2.45, 2.75) is 13.8 Å². The molecule has 0 unspecified atom stereocenters. The first-order chi connectivity index (χ1) is 9.54. The van der Waals surface area contributed by atoms with E-state index in [1.807, 2.05) is 50.1 Å². The first-order valence-corrected chi connectivity index (χ1v) is 6.55. The van der Waals surface area contributed by atoms with Gasteiger partial charge in [0, 0.05) is 24.9 Å². The van der Waals surface area contributed by atoms with Crippen LogP contribution in [0.3, 0.4) is 0 Å². The zero-order valence-corrected chi connectivity index (χ0v) is 12.0. The number of ether oxygens (including phenoxy) is 1. The van der Waals surface area contributed by atoms with Gasteiger partial charge in [0.2, 0.25) is 0 Å². The average Bonchev–Trinajstić information content (AvgIpc) is 2.42. The van der Waals surface area contributed by atoms with Crippen LogP contribution in [0.1, 0.15) is 12.5 Å². The van der Waals surface area contributed by atoms with Crippen LogP contribution in [-0.2, 0) is 0 Å². The Hall–Kier alpha value is -2.23. The number of benzene rings is 2. The van der Waals surface area contributed by atoms with E-state index in [-0.39, 0.29) is 5.75 Å². The minimum absolute atomic E-state index is 0.220. The molecule has 0 aliphatic rings. The van der Waals surface area contributed by atoms with Crippen LogP contribution in [0.5, 0.6) is 5.75 Å². The molecule has 20 heavy (non-hydrogen) atoms. The number of para-hydroxylation sites is 1. The van der Waals surface area contributed by atoms with Crippen molar-refractivity contribution in [2.24, 2.45) is 0 Å². The van der Waals surface area contributed by atoms with E-state index in [1.165, 1.54) is 6.07 Å². The minimum Gasteiger partial charge on any atom is -0.491 e. The summed E-state index contributed by atoms with van der Waals surface area (Å²) in [6.07, 6.45) is 0. The maximum absolute atomic E-state index is 13.7. The van der Waals surface area contributed by atoms with Crippen molar-refractivity contribution in [1.82, 2.24) is 0 Å². The summed E-state index contributed by atoms with van der Waals surface area (Å²) in [6, 6.07) is 10.9. The first-order valence-electron chi connectivity index (χ1n) is 6.55. The van der Waals surface area contributed by atoms with Crippen LogP contribution >= 0.6 is 0 Å². The third-order valence-electron chi connectivity index (χ3n) is 3.22. The van der Waals surface area contributed by atoms with Gasteiger partial charge in [-0.2, -0.15) is 0 Å². The van der Waals surface area contributed by atoms with Crippen molar-refractivity contribution >= 4 is 17.1 Å². The highest BCUT2D eigenvalue weighted by Crippen LogP contribution is 2.35. The molecule has 0 aliphatic heterocycles. The van der Waals surface area contributed by atoms with Crippen LogP contribution in [0.25, 0.3) is 0 Å². The van der Waals surface area contributed by atoms with Gasteiger partial charge in [-0.3, -0.25) is 0 Å². The Morgan fingerprint density at radius 3 is 2.55 bits per heavy atom. The molecule has 0 atom stereocenters. The van der Waals surface area contributed by atoms with E-state index in [1.54, 1.807) is 6.07 Å². The highest BCUT2D eigenvalue weighted by atomic mass is 19.1. The molecule has 106 valence electrons. The molecule has 0 radical (unpaired) electrons. The molecule has 0 saturated carbocycles. The standard InChI is InChI=1S/C16H19FN2O/c1-4-20-16-10-15(13(18)9-12(16)17)19(3)14-8-6-5-7-11(14)2/h5-10H,4,18H2,1-3H3. The van der Waals surface area contributed by atoms with E-state index >= 15 is 0 Å². The monoisotopic (exact) mass is 274 g/mol. The molecular formula is C16H19FN2O. The van der Waals surface area contributed by atoms with Gasteiger partial charge in [-0.1, -0.05) is 18.2 Å². The van der Waals surface area contributed by atoms with Crippen molar-refractivity contribution in [3.8, 4) is 5.75 Å². The van der Waals surface area contributed by atoms with E-state index in [2.05, 4.69) is 0 Å². The zero-order valence-electron chi connectivity index (χ0n) is 12.0. The molecule has 4 heteroatoms.